The van der Waals surface area contributed by atoms with Gasteiger partial charge in [0.05, 0.1) is 0 Å². The van der Waals surface area contributed by atoms with Gasteiger partial charge in [-0.15, -0.1) is 0 Å². The maximum atomic E-state index is 9.35. The third kappa shape index (κ3) is 3.33. The van der Waals surface area contributed by atoms with E-state index < -0.39 is 6.03 Å². The number of hydrogen-bond donors (Lipinski definition) is 2. The number of rotatable bonds is 0. The number of nitrogens with two attached hydrogens (primary N) is 1. The molecule has 0 saturated heterocycles. The van der Waals surface area contributed by atoms with Crippen molar-refractivity contribution in [3.05, 3.63) is 0 Å². The van der Waals surface area contributed by atoms with Crippen LogP contribution in [0.4, 0.5) is 4.79 Å². The lowest BCUT2D eigenvalue weighted by Crippen LogP contribution is -2.26. The van der Waals surface area contributed by atoms with Gasteiger partial charge in [0.25, 0.3) is 6.03 Å². The van der Waals surface area contributed by atoms with Crippen LogP contribution in [-0.4, -0.2) is 14.0 Å². The highest BCUT2D eigenvalue weighted by molar-refractivity contribution is 6.13. The first-order valence-electron chi connectivity index (χ1n) is 1.03. The Hall–Kier alpha value is -0.665. The minimum absolute atomic E-state index is 0.718. The zero-order valence-electron chi connectivity index (χ0n) is 2.56. The topological polar surface area (TPSA) is 55.1 Å². The number of amides is 2. The largest absolute Gasteiger partial charge is 0.392 e. The molecular formula is CH3BN2O. The van der Waals surface area contributed by atoms with Crippen LogP contribution < -0.4 is 11.0 Å². The lowest BCUT2D eigenvalue weighted by Gasteiger charge is -1.80. The molecule has 2 radical (unpaired) electrons. The summed E-state index contributed by atoms with van der Waals surface area (Å²) in [7, 11) is 4.45. The van der Waals surface area contributed by atoms with E-state index in [2.05, 4.69) is 13.7 Å². The number of urea groups is 1. The minimum Gasteiger partial charge on any atom is -0.392 e. The standard InChI is InChI=1S/CH3BN2O/c2-4-1(3)5/h(H3,3,4,5). The van der Waals surface area contributed by atoms with Gasteiger partial charge < -0.3 is 11.0 Å². The second-order valence-corrected chi connectivity index (χ2v) is 0.509. The van der Waals surface area contributed by atoms with E-state index in [9.17, 15) is 4.79 Å². The van der Waals surface area contributed by atoms with Gasteiger partial charge >= 0.3 is 0 Å². The van der Waals surface area contributed by atoms with E-state index in [1.807, 2.05) is 0 Å². The van der Waals surface area contributed by atoms with Crippen molar-refractivity contribution in [2.75, 3.05) is 0 Å². The molecule has 0 unspecified atom stereocenters. The Balaban J connectivity index is 2.85. The first kappa shape index (κ1) is 4.33. The summed E-state index contributed by atoms with van der Waals surface area (Å²) in [6, 6.07) is -0.718. The number of carbonyl (C=O) groups excluding carboxylic acids is 1. The van der Waals surface area contributed by atoms with Crippen LogP contribution in [0, 0.1) is 0 Å². The number of nitrogens with one attached hydrogen (secondary N) is 1. The maximum absolute atomic E-state index is 9.35. The van der Waals surface area contributed by atoms with Gasteiger partial charge in [0, 0.05) is 0 Å². The fourth-order valence-corrected chi connectivity index (χ4v) is 0. The molecule has 0 aliphatic heterocycles. The van der Waals surface area contributed by atoms with Gasteiger partial charge in [-0.1, -0.05) is 0 Å². The van der Waals surface area contributed by atoms with Gasteiger partial charge in [-0.3, -0.25) is 4.79 Å². The smallest absolute Gasteiger partial charge is 0.299 e. The zero-order chi connectivity index (χ0) is 4.28. The summed E-state index contributed by atoms with van der Waals surface area (Å²) in [5.74, 6) is 0. The molecule has 3 nitrogen and oxygen atoms in total. The van der Waals surface area contributed by atoms with Crippen LogP contribution >= 0.6 is 0 Å². The molecule has 0 fully saturated rings. The van der Waals surface area contributed by atoms with Gasteiger partial charge in [0.15, 0.2) is 0 Å². The second-order valence-electron chi connectivity index (χ2n) is 0.509. The molecule has 0 aromatic carbocycles. The molecule has 0 heterocycles. The van der Waals surface area contributed by atoms with Crippen molar-refractivity contribution in [3.8, 4) is 0 Å². The van der Waals surface area contributed by atoms with Crippen LogP contribution in [0.25, 0.3) is 0 Å². The van der Waals surface area contributed by atoms with Crippen molar-refractivity contribution < 1.29 is 4.79 Å². The molecule has 26 valence electrons. The van der Waals surface area contributed by atoms with Crippen molar-refractivity contribution in [1.82, 2.24) is 5.23 Å². The highest BCUT2D eigenvalue weighted by Gasteiger charge is 1.73. The Kier molecular flexibility index (Phi) is 1.42. The third-order valence-electron chi connectivity index (χ3n) is 0.142. The summed E-state index contributed by atoms with van der Waals surface area (Å²) >= 11 is 0. The van der Waals surface area contributed by atoms with Crippen molar-refractivity contribution >= 4 is 14.0 Å². The van der Waals surface area contributed by atoms with E-state index in [-0.39, 0.29) is 0 Å². The predicted octanol–water partition coefficient (Wildman–Crippen LogP) is -1.26. The maximum Gasteiger partial charge on any atom is 0.299 e. The average molecular weight is 69.9 g/mol. The summed E-state index contributed by atoms with van der Waals surface area (Å²) < 4.78 is 0. The molecule has 2 amide bonds. The minimum atomic E-state index is -0.718. The highest BCUT2D eigenvalue weighted by atomic mass is 16.2. The van der Waals surface area contributed by atoms with E-state index >= 15 is 0 Å². The van der Waals surface area contributed by atoms with Crippen LogP contribution in [0.3, 0.4) is 0 Å². The molecule has 0 atom stereocenters. The van der Waals surface area contributed by atoms with Crippen LogP contribution in [0.15, 0.2) is 0 Å². The quantitative estimate of drug-likeness (QED) is 0.343. The van der Waals surface area contributed by atoms with Crippen LogP contribution in [-0.2, 0) is 0 Å². The van der Waals surface area contributed by atoms with Crippen molar-refractivity contribution in [2.24, 2.45) is 5.73 Å². The first-order chi connectivity index (χ1) is 2.27. The fourth-order valence-electron chi connectivity index (χ4n) is 0. The molecule has 4 heteroatoms. The van der Waals surface area contributed by atoms with Gasteiger partial charge in [0.1, 0.15) is 0 Å². The molecule has 3 N–H and O–H groups in total. The van der Waals surface area contributed by atoms with Crippen molar-refractivity contribution in [3.63, 3.8) is 0 Å². The van der Waals surface area contributed by atoms with E-state index in [1.165, 1.54) is 0 Å². The summed E-state index contributed by atoms with van der Waals surface area (Å²) in [6.45, 7) is 0. The summed E-state index contributed by atoms with van der Waals surface area (Å²) in [5, 5.41) is 1.67. The van der Waals surface area contributed by atoms with Gasteiger partial charge in [-0.25, -0.2) is 0 Å². The molecule has 0 aliphatic rings. The number of hydrogen-bond acceptors (Lipinski definition) is 1. The van der Waals surface area contributed by atoms with Gasteiger partial charge in [-0.2, -0.15) is 0 Å². The molecule has 0 bridgehead atoms. The SMILES string of the molecule is [B]NC(N)=O. The van der Waals surface area contributed by atoms with Crippen LogP contribution in [0.5, 0.6) is 0 Å². The summed E-state index contributed by atoms with van der Waals surface area (Å²) in [6.07, 6.45) is 0. The summed E-state index contributed by atoms with van der Waals surface area (Å²) in [4.78, 5) is 9.35. The second kappa shape index (κ2) is 1.63. The van der Waals surface area contributed by atoms with E-state index in [0.29, 0.717) is 0 Å². The van der Waals surface area contributed by atoms with E-state index in [4.69, 9.17) is 0 Å². The Morgan fingerprint density at radius 2 is 2.20 bits per heavy atom. The lowest BCUT2D eigenvalue weighted by molar-refractivity contribution is 0.254. The molecule has 0 saturated carbocycles. The normalized spacial score (nSPS) is 6.40. The molecule has 0 aromatic heterocycles. The fraction of sp³-hybridized carbons (Fsp3) is 0. The molecule has 5 heavy (non-hydrogen) atoms. The highest BCUT2D eigenvalue weighted by Crippen LogP contribution is 1.37. The zero-order valence-corrected chi connectivity index (χ0v) is 2.56. The third-order valence-corrected chi connectivity index (χ3v) is 0.142. The van der Waals surface area contributed by atoms with Gasteiger partial charge in [-0.05, 0) is 0 Å². The monoisotopic (exact) mass is 70.0 g/mol. The van der Waals surface area contributed by atoms with Crippen molar-refractivity contribution in [2.45, 2.75) is 0 Å². The Morgan fingerprint density at radius 1 is 2.00 bits per heavy atom. The van der Waals surface area contributed by atoms with E-state index in [0.717, 1.165) is 0 Å². The van der Waals surface area contributed by atoms with E-state index in [1.54, 1.807) is 5.23 Å². The summed E-state index contributed by atoms with van der Waals surface area (Å²) in [5.41, 5.74) is 4.42. The number of carbonyl (C=O) groups is 1. The lowest BCUT2D eigenvalue weighted by atomic mass is 10.4. The van der Waals surface area contributed by atoms with Gasteiger partial charge in [0.2, 0.25) is 7.98 Å². The molecule has 0 spiro atoms. The molecular weight excluding hydrogens is 66.8 g/mol. The molecule has 0 aliphatic carbocycles. The average Bonchev–Trinajstić information content (AvgIpc) is 1.38. The Morgan fingerprint density at radius 3 is 2.20 bits per heavy atom. The molecule has 0 aromatic rings. The van der Waals surface area contributed by atoms with Crippen molar-refractivity contribution in [1.29, 1.82) is 0 Å². The number of primary amides is 1. The molecule has 0 rings (SSSR count). The Labute approximate surface area is 31.0 Å². The first-order valence-corrected chi connectivity index (χ1v) is 1.03. The van der Waals surface area contributed by atoms with Crippen LogP contribution in [0.2, 0.25) is 0 Å². The van der Waals surface area contributed by atoms with Crippen LogP contribution in [0.1, 0.15) is 0 Å². The Bertz CT molecular complexity index is 44.9. The predicted molar refractivity (Wildman–Crippen MR) is 18.5 cm³/mol.